The molecular weight excluding hydrogens is 338 g/mol. The van der Waals surface area contributed by atoms with Gasteiger partial charge in [0.2, 0.25) is 0 Å². The minimum atomic E-state index is -0.0624. The van der Waals surface area contributed by atoms with E-state index in [4.69, 9.17) is 16.3 Å². The summed E-state index contributed by atoms with van der Waals surface area (Å²) in [6.45, 7) is 3.98. The number of benzene rings is 2. The summed E-state index contributed by atoms with van der Waals surface area (Å²) in [5.74, 6) is 0.771. The van der Waals surface area contributed by atoms with Gasteiger partial charge in [-0.2, -0.15) is 0 Å². The molecule has 0 radical (unpaired) electrons. The number of rotatable bonds is 4. The maximum Gasteiger partial charge on any atom is 0.321 e. The van der Waals surface area contributed by atoms with Crippen LogP contribution in [0.25, 0.3) is 0 Å². The molecule has 3 rings (SSSR count). The molecule has 0 aromatic heterocycles. The molecule has 0 unspecified atom stereocenters. The van der Waals surface area contributed by atoms with Crippen LogP contribution in [0.5, 0.6) is 5.75 Å². The second-order valence-corrected chi connectivity index (χ2v) is 6.49. The van der Waals surface area contributed by atoms with Gasteiger partial charge in [-0.15, -0.1) is 0 Å². The number of nitrogens with one attached hydrogen (secondary N) is 1. The van der Waals surface area contributed by atoms with Crippen LogP contribution in [-0.2, 0) is 6.54 Å². The monoisotopic (exact) mass is 359 g/mol. The molecule has 6 heteroatoms. The molecule has 1 aliphatic heterocycles. The first-order chi connectivity index (χ1) is 12.1. The van der Waals surface area contributed by atoms with Crippen molar-refractivity contribution in [2.75, 3.05) is 38.6 Å². The zero-order valence-electron chi connectivity index (χ0n) is 14.2. The number of halogens is 1. The fourth-order valence-electron chi connectivity index (χ4n) is 2.88. The Morgan fingerprint density at radius 2 is 1.84 bits per heavy atom. The van der Waals surface area contributed by atoms with E-state index in [1.807, 2.05) is 47.4 Å². The molecule has 5 nitrogen and oxygen atoms in total. The Balaban J connectivity index is 1.48. The minimum absolute atomic E-state index is 0.0624. The molecule has 132 valence electrons. The fraction of sp³-hybridized carbons (Fsp3) is 0.316. The lowest BCUT2D eigenvalue weighted by atomic mass is 10.2. The van der Waals surface area contributed by atoms with E-state index in [9.17, 15) is 4.79 Å². The molecule has 2 aromatic rings. The molecule has 1 saturated heterocycles. The van der Waals surface area contributed by atoms with E-state index in [1.54, 1.807) is 7.11 Å². The molecular formula is C19H22ClN3O2. The predicted octanol–water partition coefficient (Wildman–Crippen LogP) is 3.70. The van der Waals surface area contributed by atoms with Crippen LogP contribution in [-0.4, -0.2) is 49.1 Å². The molecule has 25 heavy (non-hydrogen) atoms. The van der Waals surface area contributed by atoms with E-state index in [0.29, 0.717) is 13.1 Å². The summed E-state index contributed by atoms with van der Waals surface area (Å²) in [5.41, 5.74) is 1.97. The number of piperazine rings is 1. The molecule has 1 heterocycles. The van der Waals surface area contributed by atoms with Crippen LogP contribution in [0.15, 0.2) is 48.5 Å². The van der Waals surface area contributed by atoms with Gasteiger partial charge >= 0.3 is 6.03 Å². The molecule has 0 bridgehead atoms. The van der Waals surface area contributed by atoms with Crippen molar-refractivity contribution in [3.8, 4) is 5.75 Å². The SMILES string of the molecule is COc1ccc(NC(=O)N2CCN(Cc3cccc(Cl)c3)CC2)cc1. The average molecular weight is 360 g/mol. The largest absolute Gasteiger partial charge is 0.497 e. The van der Waals surface area contributed by atoms with Crippen molar-refractivity contribution >= 4 is 23.3 Å². The van der Waals surface area contributed by atoms with Crippen molar-refractivity contribution in [3.63, 3.8) is 0 Å². The summed E-state index contributed by atoms with van der Waals surface area (Å²) < 4.78 is 5.12. The summed E-state index contributed by atoms with van der Waals surface area (Å²) in [5, 5.41) is 3.69. The molecule has 1 N–H and O–H groups in total. The number of carbonyl (C=O) groups is 1. The highest BCUT2D eigenvalue weighted by Crippen LogP contribution is 2.17. The molecule has 0 atom stereocenters. The third-order valence-electron chi connectivity index (χ3n) is 4.30. The van der Waals surface area contributed by atoms with E-state index < -0.39 is 0 Å². The number of hydrogen-bond donors (Lipinski definition) is 1. The quantitative estimate of drug-likeness (QED) is 0.905. The summed E-state index contributed by atoms with van der Waals surface area (Å²) >= 11 is 6.04. The van der Waals surface area contributed by atoms with Gasteiger partial charge in [0.05, 0.1) is 7.11 Å². The van der Waals surface area contributed by atoms with E-state index in [1.165, 1.54) is 5.56 Å². The van der Waals surface area contributed by atoms with Gasteiger partial charge in [-0.05, 0) is 42.0 Å². The first-order valence-corrected chi connectivity index (χ1v) is 8.68. The smallest absolute Gasteiger partial charge is 0.321 e. The van der Waals surface area contributed by atoms with Gasteiger partial charge in [-0.1, -0.05) is 23.7 Å². The Morgan fingerprint density at radius 3 is 2.48 bits per heavy atom. The zero-order valence-corrected chi connectivity index (χ0v) is 15.0. The van der Waals surface area contributed by atoms with Crippen molar-refractivity contribution in [2.45, 2.75) is 6.54 Å². The number of nitrogens with zero attached hydrogens (tertiary/aromatic N) is 2. The third-order valence-corrected chi connectivity index (χ3v) is 4.53. The molecule has 2 aromatic carbocycles. The second kappa shape index (κ2) is 8.23. The lowest BCUT2D eigenvalue weighted by Crippen LogP contribution is -2.49. The Labute approximate surface area is 153 Å². The van der Waals surface area contributed by atoms with Crippen LogP contribution in [0.4, 0.5) is 10.5 Å². The summed E-state index contributed by atoms with van der Waals surface area (Å²) in [6, 6.07) is 15.2. The van der Waals surface area contributed by atoms with Crippen molar-refractivity contribution in [3.05, 3.63) is 59.1 Å². The number of hydrogen-bond acceptors (Lipinski definition) is 3. The van der Waals surface area contributed by atoms with Crippen LogP contribution in [0.1, 0.15) is 5.56 Å². The van der Waals surface area contributed by atoms with Crippen molar-refractivity contribution in [1.82, 2.24) is 9.80 Å². The van der Waals surface area contributed by atoms with Crippen molar-refractivity contribution in [2.24, 2.45) is 0 Å². The van der Waals surface area contributed by atoms with Crippen LogP contribution in [0, 0.1) is 0 Å². The van der Waals surface area contributed by atoms with Crippen molar-refractivity contribution < 1.29 is 9.53 Å². The van der Waals surface area contributed by atoms with Crippen LogP contribution in [0.3, 0.4) is 0 Å². The van der Waals surface area contributed by atoms with Gasteiger partial charge < -0.3 is 15.0 Å². The fourth-order valence-corrected chi connectivity index (χ4v) is 3.09. The van der Waals surface area contributed by atoms with E-state index in [-0.39, 0.29) is 6.03 Å². The predicted molar refractivity (Wildman–Crippen MR) is 100 cm³/mol. The Morgan fingerprint density at radius 1 is 1.12 bits per heavy atom. The number of carbonyl (C=O) groups excluding carboxylic acids is 1. The minimum Gasteiger partial charge on any atom is -0.497 e. The number of methoxy groups -OCH3 is 1. The Kier molecular flexibility index (Phi) is 5.79. The maximum atomic E-state index is 12.4. The second-order valence-electron chi connectivity index (χ2n) is 6.05. The zero-order chi connectivity index (χ0) is 17.6. The topological polar surface area (TPSA) is 44.8 Å². The first-order valence-electron chi connectivity index (χ1n) is 8.31. The van der Waals surface area contributed by atoms with Gasteiger partial charge in [0.1, 0.15) is 5.75 Å². The highest BCUT2D eigenvalue weighted by molar-refractivity contribution is 6.30. The van der Waals surface area contributed by atoms with Gasteiger partial charge in [-0.3, -0.25) is 4.90 Å². The maximum absolute atomic E-state index is 12.4. The lowest BCUT2D eigenvalue weighted by molar-refractivity contribution is 0.143. The number of ether oxygens (including phenoxy) is 1. The van der Waals surface area contributed by atoms with Gasteiger partial charge in [0.15, 0.2) is 0 Å². The average Bonchev–Trinajstić information content (AvgIpc) is 2.63. The van der Waals surface area contributed by atoms with Crippen LogP contribution in [0.2, 0.25) is 5.02 Å². The highest BCUT2D eigenvalue weighted by atomic mass is 35.5. The molecule has 1 aliphatic rings. The van der Waals surface area contributed by atoms with Crippen LogP contribution < -0.4 is 10.1 Å². The van der Waals surface area contributed by atoms with Gasteiger partial charge in [0, 0.05) is 43.4 Å². The van der Waals surface area contributed by atoms with E-state index in [0.717, 1.165) is 36.1 Å². The van der Waals surface area contributed by atoms with E-state index in [2.05, 4.69) is 16.3 Å². The lowest BCUT2D eigenvalue weighted by Gasteiger charge is -2.34. The summed E-state index contributed by atoms with van der Waals surface area (Å²) in [4.78, 5) is 16.6. The standard InChI is InChI=1S/C19H22ClN3O2/c1-25-18-7-5-17(6-8-18)21-19(24)23-11-9-22(10-12-23)14-15-3-2-4-16(20)13-15/h2-8,13H,9-12,14H2,1H3,(H,21,24). The van der Waals surface area contributed by atoms with Crippen LogP contribution >= 0.6 is 11.6 Å². The summed E-state index contributed by atoms with van der Waals surface area (Å²) in [7, 11) is 1.62. The normalized spacial score (nSPS) is 15.0. The Bertz CT molecular complexity index is 713. The molecule has 1 fully saturated rings. The highest BCUT2D eigenvalue weighted by Gasteiger charge is 2.21. The number of amides is 2. The van der Waals surface area contributed by atoms with Gasteiger partial charge in [-0.25, -0.2) is 4.79 Å². The molecule has 0 spiro atoms. The van der Waals surface area contributed by atoms with Crippen molar-refractivity contribution in [1.29, 1.82) is 0 Å². The Hall–Kier alpha value is -2.24. The van der Waals surface area contributed by atoms with Gasteiger partial charge in [0.25, 0.3) is 0 Å². The summed E-state index contributed by atoms with van der Waals surface area (Å²) in [6.07, 6.45) is 0. The number of urea groups is 1. The number of anilines is 1. The third kappa shape index (κ3) is 4.87. The molecule has 2 amide bonds. The van der Waals surface area contributed by atoms with E-state index >= 15 is 0 Å². The first kappa shape index (κ1) is 17.6. The molecule has 0 saturated carbocycles. The molecule has 0 aliphatic carbocycles.